The Hall–Kier alpha value is -2.41. The molecule has 1 amide bonds. The Balaban J connectivity index is 1.79. The Bertz CT molecular complexity index is 717. The molecule has 128 valence electrons. The van der Waals surface area contributed by atoms with E-state index in [-0.39, 0.29) is 30.2 Å². The van der Waals surface area contributed by atoms with Crippen molar-refractivity contribution in [3.8, 4) is 5.75 Å². The third-order valence-corrected chi connectivity index (χ3v) is 4.15. The van der Waals surface area contributed by atoms with Crippen molar-refractivity contribution in [3.63, 3.8) is 0 Å². The molecule has 6 nitrogen and oxygen atoms in total. The van der Waals surface area contributed by atoms with Gasteiger partial charge in [0.15, 0.2) is 12.3 Å². The van der Waals surface area contributed by atoms with Crippen LogP contribution in [-0.4, -0.2) is 28.6 Å². The van der Waals surface area contributed by atoms with Crippen LogP contribution in [0.3, 0.4) is 0 Å². The number of hydrogen-bond donors (Lipinski definition) is 2. The van der Waals surface area contributed by atoms with Gasteiger partial charge in [0.25, 0.3) is 5.91 Å². The van der Waals surface area contributed by atoms with E-state index < -0.39 is 5.97 Å². The second-order valence-electron chi connectivity index (χ2n) is 6.27. The van der Waals surface area contributed by atoms with Gasteiger partial charge in [-0.2, -0.15) is 0 Å². The number of aromatic carboxylic acids is 1. The third kappa shape index (κ3) is 5.06. The summed E-state index contributed by atoms with van der Waals surface area (Å²) >= 11 is 1.19. The van der Waals surface area contributed by atoms with E-state index in [0.717, 1.165) is 0 Å². The molecule has 1 heterocycles. The maximum Gasteiger partial charge on any atom is 0.355 e. The number of ether oxygens (including phenoxy) is 1. The average molecular weight is 348 g/mol. The zero-order chi connectivity index (χ0) is 17.7. The van der Waals surface area contributed by atoms with Gasteiger partial charge in [-0.1, -0.05) is 32.9 Å². The lowest BCUT2D eigenvalue weighted by molar-refractivity contribution is -0.123. The number of aromatic nitrogens is 1. The number of carboxylic acids is 1. The molecule has 0 atom stereocenters. The van der Waals surface area contributed by atoms with Crippen molar-refractivity contribution in [2.45, 2.75) is 32.7 Å². The van der Waals surface area contributed by atoms with Gasteiger partial charge in [-0.05, 0) is 23.1 Å². The average Bonchev–Trinajstić information content (AvgIpc) is 3.00. The smallest absolute Gasteiger partial charge is 0.355 e. The van der Waals surface area contributed by atoms with Crippen LogP contribution >= 0.6 is 11.3 Å². The Labute approximate surface area is 144 Å². The summed E-state index contributed by atoms with van der Waals surface area (Å²) < 4.78 is 5.44. The lowest BCUT2D eigenvalue weighted by Gasteiger charge is -2.19. The predicted molar refractivity (Wildman–Crippen MR) is 91.6 cm³/mol. The maximum absolute atomic E-state index is 11.8. The molecule has 0 unspecified atom stereocenters. The molecular weight excluding hydrogens is 328 g/mol. The van der Waals surface area contributed by atoms with Crippen LogP contribution in [0.4, 0.5) is 0 Å². The number of benzene rings is 1. The number of rotatable bonds is 6. The minimum absolute atomic E-state index is 0.0144. The monoisotopic (exact) mass is 348 g/mol. The number of carbonyl (C=O) groups is 2. The molecule has 0 aliphatic heterocycles. The summed E-state index contributed by atoms with van der Waals surface area (Å²) in [5.74, 6) is -0.742. The number of nitrogens with zero attached hydrogens (tertiary/aromatic N) is 1. The quantitative estimate of drug-likeness (QED) is 0.838. The fraction of sp³-hybridized carbons (Fsp3) is 0.353. The molecule has 0 radical (unpaired) electrons. The molecule has 7 heteroatoms. The van der Waals surface area contributed by atoms with Crippen molar-refractivity contribution < 1.29 is 19.4 Å². The highest BCUT2D eigenvalue weighted by molar-refractivity contribution is 7.09. The normalized spacial score (nSPS) is 11.1. The van der Waals surface area contributed by atoms with Crippen molar-refractivity contribution in [2.75, 3.05) is 6.61 Å². The number of carboxylic acid groups (broad SMARTS) is 1. The summed E-state index contributed by atoms with van der Waals surface area (Å²) in [4.78, 5) is 26.4. The lowest BCUT2D eigenvalue weighted by atomic mass is 9.87. The van der Waals surface area contributed by atoms with Crippen molar-refractivity contribution in [2.24, 2.45) is 0 Å². The van der Waals surface area contributed by atoms with Gasteiger partial charge in [-0.3, -0.25) is 4.79 Å². The fourth-order valence-electron chi connectivity index (χ4n) is 1.92. The predicted octanol–water partition coefficient (Wildman–Crippen LogP) is 2.83. The van der Waals surface area contributed by atoms with Gasteiger partial charge >= 0.3 is 5.97 Å². The molecule has 2 rings (SSSR count). The lowest BCUT2D eigenvalue weighted by Crippen LogP contribution is -2.28. The van der Waals surface area contributed by atoms with Gasteiger partial charge in [0.2, 0.25) is 0 Å². The first-order valence-electron chi connectivity index (χ1n) is 7.43. The molecule has 2 aromatic rings. The van der Waals surface area contributed by atoms with Crippen molar-refractivity contribution in [1.29, 1.82) is 0 Å². The van der Waals surface area contributed by atoms with E-state index >= 15 is 0 Å². The van der Waals surface area contributed by atoms with Crippen molar-refractivity contribution >= 4 is 23.2 Å². The van der Waals surface area contributed by atoms with Gasteiger partial charge in [0.05, 0.1) is 6.54 Å². The first kappa shape index (κ1) is 17.9. The standard InChI is InChI=1S/C17H20N2O4S/c1-17(2,3)11-4-6-12(7-5-11)23-9-14(20)18-8-15-19-13(10-24-15)16(21)22/h4-7,10H,8-9H2,1-3H3,(H,18,20)(H,21,22). The molecule has 0 bridgehead atoms. The molecule has 0 saturated heterocycles. The molecule has 1 aromatic heterocycles. The van der Waals surface area contributed by atoms with E-state index in [2.05, 4.69) is 31.1 Å². The van der Waals surface area contributed by atoms with Crippen LogP contribution in [0, 0.1) is 0 Å². The zero-order valence-corrected chi connectivity index (χ0v) is 14.6. The van der Waals surface area contributed by atoms with Crippen LogP contribution in [-0.2, 0) is 16.8 Å². The Morgan fingerprint density at radius 1 is 1.25 bits per heavy atom. The second-order valence-corrected chi connectivity index (χ2v) is 7.21. The Morgan fingerprint density at radius 3 is 2.46 bits per heavy atom. The van der Waals surface area contributed by atoms with Crippen LogP contribution < -0.4 is 10.1 Å². The van der Waals surface area contributed by atoms with Crippen molar-refractivity contribution in [1.82, 2.24) is 10.3 Å². The minimum Gasteiger partial charge on any atom is -0.484 e. The van der Waals surface area contributed by atoms with E-state index in [9.17, 15) is 9.59 Å². The number of nitrogens with one attached hydrogen (secondary N) is 1. The minimum atomic E-state index is -1.08. The van der Waals surface area contributed by atoms with E-state index in [0.29, 0.717) is 10.8 Å². The number of carbonyl (C=O) groups excluding carboxylic acids is 1. The summed E-state index contributed by atoms with van der Waals surface area (Å²) in [5, 5.41) is 13.4. The van der Waals surface area contributed by atoms with E-state index in [1.165, 1.54) is 22.3 Å². The highest BCUT2D eigenvalue weighted by Gasteiger charge is 2.13. The summed E-state index contributed by atoms with van der Waals surface area (Å²) in [6.45, 7) is 6.47. The van der Waals surface area contributed by atoms with Gasteiger partial charge < -0.3 is 15.2 Å². The number of thiazole rings is 1. The van der Waals surface area contributed by atoms with Crippen molar-refractivity contribution in [3.05, 3.63) is 45.9 Å². The summed E-state index contributed by atoms with van der Waals surface area (Å²) in [5.41, 5.74) is 1.25. The highest BCUT2D eigenvalue weighted by Crippen LogP contribution is 2.24. The van der Waals surface area contributed by atoms with E-state index in [1.54, 1.807) is 0 Å². The molecule has 0 saturated carbocycles. The van der Waals surface area contributed by atoms with Gasteiger partial charge in [0.1, 0.15) is 10.8 Å². The highest BCUT2D eigenvalue weighted by atomic mass is 32.1. The van der Waals surface area contributed by atoms with Crippen LogP contribution in [0.2, 0.25) is 0 Å². The van der Waals surface area contributed by atoms with Crippen LogP contribution in [0.25, 0.3) is 0 Å². The summed E-state index contributed by atoms with van der Waals surface area (Å²) in [6.07, 6.45) is 0. The molecule has 1 aromatic carbocycles. The molecular formula is C17H20N2O4S. The summed E-state index contributed by atoms with van der Waals surface area (Å²) in [7, 11) is 0. The van der Waals surface area contributed by atoms with E-state index in [4.69, 9.17) is 9.84 Å². The molecule has 0 aliphatic carbocycles. The van der Waals surface area contributed by atoms with Gasteiger partial charge in [0, 0.05) is 5.38 Å². The van der Waals surface area contributed by atoms with E-state index in [1.807, 2.05) is 24.3 Å². The van der Waals surface area contributed by atoms with Gasteiger partial charge in [-0.15, -0.1) is 11.3 Å². The zero-order valence-electron chi connectivity index (χ0n) is 13.8. The third-order valence-electron chi connectivity index (χ3n) is 3.30. The molecule has 24 heavy (non-hydrogen) atoms. The second kappa shape index (κ2) is 7.44. The first-order chi connectivity index (χ1) is 11.3. The van der Waals surface area contributed by atoms with Crippen LogP contribution in [0.15, 0.2) is 29.6 Å². The van der Waals surface area contributed by atoms with Crippen LogP contribution in [0.1, 0.15) is 41.8 Å². The molecule has 2 N–H and O–H groups in total. The maximum atomic E-state index is 11.8. The first-order valence-corrected chi connectivity index (χ1v) is 8.31. The number of hydrogen-bond acceptors (Lipinski definition) is 5. The number of amides is 1. The molecule has 0 aliphatic rings. The van der Waals surface area contributed by atoms with Crippen LogP contribution in [0.5, 0.6) is 5.75 Å². The van der Waals surface area contributed by atoms with Gasteiger partial charge in [-0.25, -0.2) is 9.78 Å². The summed E-state index contributed by atoms with van der Waals surface area (Å²) in [6, 6.07) is 7.65. The fourth-order valence-corrected chi connectivity index (χ4v) is 2.62. The largest absolute Gasteiger partial charge is 0.484 e. The Morgan fingerprint density at radius 2 is 1.92 bits per heavy atom. The SMILES string of the molecule is CC(C)(C)c1ccc(OCC(=O)NCc2nc(C(=O)O)cs2)cc1. The topological polar surface area (TPSA) is 88.5 Å². The molecule has 0 fully saturated rings. The molecule has 0 spiro atoms. The Kier molecular flexibility index (Phi) is 5.56.